The molecule has 1 aliphatic rings. The van der Waals surface area contributed by atoms with Crippen LogP contribution in [0.5, 0.6) is 0 Å². The van der Waals surface area contributed by atoms with Gasteiger partial charge < -0.3 is 5.32 Å². The second-order valence-electron chi connectivity index (χ2n) is 4.99. The molecule has 0 atom stereocenters. The van der Waals surface area contributed by atoms with Gasteiger partial charge in [-0.05, 0) is 31.4 Å². The average Bonchev–Trinajstić information content (AvgIpc) is 2.28. The van der Waals surface area contributed by atoms with Gasteiger partial charge in [-0.1, -0.05) is 19.3 Å². The van der Waals surface area contributed by atoms with Crippen molar-refractivity contribution in [3.8, 4) is 0 Å². The Labute approximate surface area is 96.3 Å². The molecular weight excluding hydrogens is 203 g/mol. The molecule has 1 heterocycles. The Bertz CT molecular complexity index is 346. The molecule has 3 heteroatoms. The molecule has 16 heavy (non-hydrogen) atoms. The minimum absolute atomic E-state index is 0.227. The molecule has 0 saturated heterocycles. The molecule has 0 spiro atoms. The van der Waals surface area contributed by atoms with Gasteiger partial charge in [-0.2, -0.15) is 0 Å². The fraction of sp³-hybridized carbons (Fsp3) is 0.615. The second-order valence-corrected chi connectivity index (χ2v) is 4.99. The van der Waals surface area contributed by atoms with Crippen LogP contribution in [0.25, 0.3) is 0 Å². The van der Waals surface area contributed by atoms with E-state index in [1.54, 1.807) is 12.3 Å². The molecule has 1 N–H and O–H groups in total. The largest absolute Gasteiger partial charge is 0.307 e. The summed E-state index contributed by atoms with van der Waals surface area (Å²) in [6.07, 6.45) is 9.34. The molecule has 0 amide bonds. The molecule has 0 radical (unpaired) electrons. The summed E-state index contributed by atoms with van der Waals surface area (Å²) >= 11 is 0. The lowest BCUT2D eigenvalue weighted by atomic mass is 9.83. The van der Waals surface area contributed by atoms with Crippen LogP contribution in [0, 0.1) is 5.82 Å². The first kappa shape index (κ1) is 11.5. The van der Waals surface area contributed by atoms with E-state index in [0.29, 0.717) is 6.54 Å². The average molecular weight is 222 g/mol. The Morgan fingerprint density at radius 3 is 2.75 bits per heavy atom. The zero-order chi connectivity index (χ0) is 11.4. The van der Waals surface area contributed by atoms with E-state index in [9.17, 15) is 4.39 Å². The Balaban J connectivity index is 1.91. The van der Waals surface area contributed by atoms with Crippen LogP contribution in [-0.2, 0) is 6.54 Å². The highest BCUT2D eigenvalue weighted by atomic mass is 19.1. The minimum atomic E-state index is -0.256. The normalized spacial score (nSPS) is 19.6. The molecule has 0 aromatic carbocycles. The second kappa shape index (κ2) is 4.91. The van der Waals surface area contributed by atoms with Crippen molar-refractivity contribution in [3.63, 3.8) is 0 Å². The van der Waals surface area contributed by atoms with Crippen LogP contribution in [0.15, 0.2) is 18.5 Å². The van der Waals surface area contributed by atoms with E-state index in [2.05, 4.69) is 17.2 Å². The first-order valence-electron chi connectivity index (χ1n) is 6.02. The van der Waals surface area contributed by atoms with Crippen molar-refractivity contribution in [3.05, 3.63) is 29.8 Å². The third-order valence-electron chi connectivity index (χ3n) is 3.44. The van der Waals surface area contributed by atoms with Gasteiger partial charge in [-0.3, -0.25) is 4.98 Å². The zero-order valence-electron chi connectivity index (χ0n) is 9.80. The van der Waals surface area contributed by atoms with Gasteiger partial charge in [0, 0.05) is 18.3 Å². The lowest BCUT2D eigenvalue weighted by Gasteiger charge is -2.34. The van der Waals surface area contributed by atoms with Gasteiger partial charge in [0.05, 0.1) is 6.20 Å². The summed E-state index contributed by atoms with van der Waals surface area (Å²) in [5.74, 6) is -0.256. The first-order chi connectivity index (χ1) is 7.68. The van der Waals surface area contributed by atoms with Crippen LogP contribution in [0.1, 0.15) is 44.6 Å². The molecule has 1 aromatic heterocycles. The van der Waals surface area contributed by atoms with Crippen molar-refractivity contribution >= 4 is 0 Å². The van der Waals surface area contributed by atoms with Crippen molar-refractivity contribution in [1.29, 1.82) is 0 Å². The third-order valence-corrected chi connectivity index (χ3v) is 3.44. The molecule has 88 valence electrons. The van der Waals surface area contributed by atoms with Gasteiger partial charge in [-0.15, -0.1) is 0 Å². The van der Waals surface area contributed by atoms with Crippen LogP contribution in [0.4, 0.5) is 4.39 Å². The van der Waals surface area contributed by atoms with Crippen LogP contribution in [0.3, 0.4) is 0 Å². The number of nitrogens with one attached hydrogen (secondary N) is 1. The number of halogens is 1. The molecule has 2 nitrogen and oxygen atoms in total. The Kier molecular flexibility index (Phi) is 3.54. The predicted molar refractivity (Wildman–Crippen MR) is 62.5 cm³/mol. The molecule has 2 rings (SSSR count). The number of aromatic nitrogens is 1. The van der Waals surface area contributed by atoms with Crippen LogP contribution in [0.2, 0.25) is 0 Å². The predicted octanol–water partition coefficient (Wildman–Crippen LogP) is 3.03. The highest BCUT2D eigenvalue weighted by Gasteiger charge is 2.25. The first-order valence-corrected chi connectivity index (χ1v) is 6.02. The Morgan fingerprint density at radius 2 is 2.06 bits per heavy atom. The fourth-order valence-corrected chi connectivity index (χ4v) is 2.38. The van der Waals surface area contributed by atoms with E-state index in [4.69, 9.17) is 0 Å². The number of nitrogens with zero attached hydrogens (tertiary/aromatic N) is 1. The standard InChI is InChI=1S/C13H19FN2/c1-13(5-3-2-4-6-13)16-9-11-7-12(14)10-15-8-11/h7-8,10,16H,2-6,9H2,1H3. The van der Waals surface area contributed by atoms with Gasteiger partial charge in [0.15, 0.2) is 0 Å². The summed E-state index contributed by atoms with van der Waals surface area (Å²) in [4.78, 5) is 3.86. The molecule has 1 saturated carbocycles. The summed E-state index contributed by atoms with van der Waals surface area (Å²) in [6, 6.07) is 1.55. The number of hydrogen-bond donors (Lipinski definition) is 1. The topological polar surface area (TPSA) is 24.9 Å². The fourth-order valence-electron chi connectivity index (χ4n) is 2.38. The SMILES string of the molecule is CC1(NCc2cncc(F)c2)CCCCC1. The maximum Gasteiger partial charge on any atom is 0.141 e. The molecule has 1 fully saturated rings. The van der Waals surface area contributed by atoms with Crippen molar-refractivity contribution in [2.24, 2.45) is 0 Å². The minimum Gasteiger partial charge on any atom is -0.307 e. The summed E-state index contributed by atoms with van der Waals surface area (Å²) < 4.78 is 12.9. The van der Waals surface area contributed by atoms with E-state index in [0.717, 1.165) is 5.56 Å². The summed E-state index contributed by atoms with van der Waals surface area (Å²) in [6.45, 7) is 2.97. The van der Waals surface area contributed by atoms with Crippen LogP contribution >= 0.6 is 0 Å². The summed E-state index contributed by atoms with van der Waals surface area (Å²) in [7, 11) is 0. The molecule has 0 unspecified atom stereocenters. The van der Waals surface area contributed by atoms with Crippen molar-refractivity contribution in [2.45, 2.75) is 51.1 Å². The van der Waals surface area contributed by atoms with E-state index < -0.39 is 0 Å². The Hall–Kier alpha value is -0.960. The third kappa shape index (κ3) is 3.01. The molecule has 0 aliphatic heterocycles. The van der Waals surface area contributed by atoms with E-state index in [1.165, 1.54) is 38.3 Å². The smallest absolute Gasteiger partial charge is 0.141 e. The van der Waals surface area contributed by atoms with Gasteiger partial charge >= 0.3 is 0 Å². The van der Waals surface area contributed by atoms with Gasteiger partial charge in [0.1, 0.15) is 5.82 Å². The van der Waals surface area contributed by atoms with Crippen LogP contribution < -0.4 is 5.32 Å². The summed E-state index contributed by atoms with van der Waals surface area (Å²) in [5.41, 5.74) is 1.15. The quantitative estimate of drug-likeness (QED) is 0.850. The van der Waals surface area contributed by atoms with Crippen molar-refractivity contribution < 1.29 is 4.39 Å². The van der Waals surface area contributed by atoms with Gasteiger partial charge in [0.2, 0.25) is 0 Å². The van der Waals surface area contributed by atoms with Crippen LogP contribution in [-0.4, -0.2) is 10.5 Å². The number of pyridine rings is 1. The Morgan fingerprint density at radius 1 is 1.31 bits per heavy atom. The maximum absolute atomic E-state index is 12.9. The number of rotatable bonds is 3. The number of hydrogen-bond acceptors (Lipinski definition) is 2. The van der Waals surface area contributed by atoms with Crippen molar-refractivity contribution in [1.82, 2.24) is 10.3 Å². The zero-order valence-corrected chi connectivity index (χ0v) is 9.80. The highest BCUT2D eigenvalue weighted by molar-refractivity contribution is 5.10. The van der Waals surface area contributed by atoms with Gasteiger partial charge in [0.25, 0.3) is 0 Å². The highest BCUT2D eigenvalue weighted by Crippen LogP contribution is 2.27. The monoisotopic (exact) mass is 222 g/mol. The summed E-state index contributed by atoms with van der Waals surface area (Å²) in [5, 5.41) is 3.53. The van der Waals surface area contributed by atoms with Gasteiger partial charge in [-0.25, -0.2) is 4.39 Å². The maximum atomic E-state index is 12.9. The lowest BCUT2D eigenvalue weighted by Crippen LogP contribution is -2.43. The molecule has 1 aromatic rings. The van der Waals surface area contributed by atoms with E-state index in [1.807, 2.05) is 0 Å². The molecular formula is C13H19FN2. The molecule has 1 aliphatic carbocycles. The van der Waals surface area contributed by atoms with Crippen molar-refractivity contribution in [2.75, 3.05) is 0 Å². The lowest BCUT2D eigenvalue weighted by molar-refractivity contribution is 0.252. The van der Waals surface area contributed by atoms with E-state index >= 15 is 0 Å². The van der Waals surface area contributed by atoms with E-state index in [-0.39, 0.29) is 11.4 Å². The molecule has 0 bridgehead atoms.